The second-order valence-electron chi connectivity index (χ2n) is 5.20. The Bertz CT molecular complexity index is 970. The summed E-state index contributed by atoms with van der Waals surface area (Å²) in [7, 11) is -4.66. The van der Waals surface area contributed by atoms with Gasteiger partial charge in [0.15, 0.2) is 0 Å². The molecule has 1 aliphatic rings. The Hall–Kier alpha value is -3.04. The fourth-order valence-electron chi connectivity index (χ4n) is 2.27. The molecule has 128 valence electrons. The third-order valence-corrected chi connectivity index (χ3v) is 4.25. The number of amides is 2. The van der Waals surface area contributed by atoms with Crippen molar-refractivity contribution >= 4 is 33.5 Å². The van der Waals surface area contributed by atoms with Crippen LogP contribution in [-0.4, -0.2) is 30.6 Å². The van der Waals surface area contributed by atoms with E-state index in [-0.39, 0.29) is 23.7 Å². The minimum atomic E-state index is -4.66. The number of rotatable bonds is 3. The molecular formula is C16H12N3O5S-. The Labute approximate surface area is 143 Å². The summed E-state index contributed by atoms with van der Waals surface area (Å²) in [5.74, 6) is -0.835. The molecular weight excluding hydrogens is 346 g/mol. The standard InChI is InChI=1S/C16H13N3O5S/c20-15-10-14(18-19(15)12-6-2-1-3-7-12)17-16(21)11-5-4-8-13(9-11)25(22,23)24/h1-9H,10H2,(H,17,18,21)(H,22,23,24)/p-1. The van der Waals surface area contributed by atoms with E-state index in [9.17, 15) is 22.6 Å². The van der Waals surface area contributed by atoms with Gasteiger partial charge < -0.3 is 9.87 Å². The topological polar surface area (TPSA) is 119 Å². The van der Waals surface area contributed by atoms with E-state index in [0.29, 0.717) is 5.69 Å². The third kappa shape index (κ3) is 3.73. The zero-order valence-electron chi connectivity index (χ0n) is 12.7. The first-order chi connectivity index (χ1) is 11.8. The van der Waals surface area contributed by atoms with Crippen molar-refractivity contribution in [2.45, 2.75) is 11.3 Å². The molecule has 1 N–H and O–H groups in total. The zero-order chi connectivity index (χ0) is 18.0. The number of carbonyl (C=O) groups excluding carboxylic acids is 2. The van der Waals surface area contributed by atoms with Gasteiger partial charge in [0.05, 0.1) is 17.0 Å². The molecule has 0 unspecified atom stereocenters. The van der Waals surface area contributed by atoms with Crippen molar-refractivity contribution in [3.05, 3.63) is 60.2 Å². The monoisotopic (exact) mass is 358 g/mol. The fraction of sp³-hybridized carbons (Fsp3) is 0.0625. The van der Waals surface area contributed by atoms with E-state index in [1.165, 1.54) is 17.1 Å². The van der Waals surface area contributed by atoms with Gasteiger partial charge in [-0.25, -0.2) is 8.42 Å². The summed E-state index contributed by atoms with van der Waals surface area (Å²) in [6, 6.07) is 13.4. The number of amidine groups is 1. The van der Waals surface area contributed by atoms with E-state index < -0.39 is 20.9 Å². The summed E-state index contributed by atoms with van der Waals surface area (Å²) >= 11 is 0. The van der Waals surface area contributed by atoms with Crippen molar-refractivity contribution in [2.75, 3.05) is 5.01 Å². The van der Waals surface area contributed by atoms with Gasteiger partial charge in [-0.05, 0) is 30.3 Å². The third-order valence-electron chi connectivity index (χ3n) is 3.42. The van der Waals surface area contributed by atoms with Gasteiger partial charge in [-0.1, -0.05) is 24.3 Å². The maximum atomic E-state index is 12.2. The summed E-state index contributed by atoms with van der Waals surface area (Å²) < 4.78 is 33.1. The van der Waals surface area contributed by atoms with Crippen LogP contribution in [0.2, 0.25) is 0 Å². The lowest BCUT2D eigenvalue weighted by Crippen LogP contribution is -2.29. The van der Waals surface area contributed by atoms with Crippen molar-refractivity contribution < 1.29 is 22.6 Å². The van der Waals surface area contributed by atoms with E-state index in [2.05, 4.69) is 10.4 Å². The number of nitrogens with zero attached hydrogens (tertiary/aromatic N) is 2. The lowest BCUT2D eigenvalue weighted by molar-refractivity contribution is -0.116. The van der Waals surface area contributed by atoms with Gasteiger partial charge in [0.25, 0.3) is 11.8 Å². The van der Waals surface area contributed by atoms with Crippen LogP contribution in [0.25, 0.3) is 0 Å². The molecule has 0 bridgehead atoms. The second-order valence-corrected chi connectivity index (χ2v) is 6.58. The molecule has 0 fully saturated rings. The van der Waals surface area contributed by atoms with Gasteiger partial charge in [0.2, 0.25) is 0 Å². The van der Waals surface area contributed by atoms with Crippen LogP contribution in [0.5, 0.6) is 0 Å². The van der Waals surface area contributed by atoms with Gasteiger partial charge >= 0.3 is 0 Å². The maximum absolute atomic E-state index is 12.2. The van der Waals surface area contributed by atoms with Gasteiger partial charge in [0, 0.05) is 5.56 Å². The van der Waals surface area contributed by atoms with Crippen LogP contribution in [0.3, 0.4) is 0 Å². The summed E-state index contributed by atoms with van der Waals surface area (Å²) in [5.41, 5.74) is 0.543. The predicted octanol–water partition coefficient (Wildman–Crippen LogP) is 1.07. The van der Waals surface area contributed by atoms with Crippen LogP contribution in [0.15, 0.2) is 64.6 Å². The normalized spacial score (nSPS) is 14.4. The Morgan fingerprint density at radius 2 is 1.84 bits per heavy atom. The Kier molecular flexibility index (Phi) is 4.34. The molecule has 0 aliphatic carbocycles. The molecule has 0 radical (unpaired) electrons. The molecule has 2 amide bonds. The minimum Gasteiger partial charge on any atom is -0.744 e. The molecule has 3 rings (SSSR count). The van der Waals surface area contributed by atoms with Crippen molar-refractivity contribution in [3.8, 4) is 0 Å². The number of benzene rings is 2. The molecule has 0 saturated heterocycles. The van der Waals surface area contributed by atoms with Crippen LogP contribution in [-0.2, 0) is 14.9 Å². The molecule has 2 aromatic carbocycles. The van der Waals surface area contributed by atoms with Crippen LogP contribution >= 0.6 is 0 Å². The highest BCUT2D eigenvalue weighted by atomic mass is 32.2. The van der Waals surface area contributed by atoms with Gasteiger partial charge in [-0.2, -0.15) is 10.1 Å². The highest BCUT2D eigenvalue weighted by molar-refractivity contribution is 7.85. The van der Waals surface area contributed by atoms with Gasteiger partial charge in [-0.15, -0.1) is 0 Å². The quantitative estimate of drug-likeness (QED) is 0.823. The number of hydrogen-bond donors (Lipinski definition) is 1. The molecule has 0 aromatic heterocycles. The average molecular weight is 358 g/mol. The summed E-state index contributed by atoms with van der Waals surface area (Å²) in [5, 5.41) is 7.69. The molecule has 1 aliphatic heterocycles. The number of nitrogens with one attached hydrogen (secondary N) is 1. The molecule has 25 heavy (non-hydrogen) atoms. The highest BCUT2D eigenvalue weighted by Crippen LogP contribution is 2.19. The van der Waals surface area contributed by atoms with E-state index in [1.54, 1.807) is 30.3 Å². The van der Waals surface area contributed by atoms with Crippen molar-refractivity contribution in [1.82, 2.24) is 5.32 Å². The Morgan fingerprint density at radius 3 is 2.52 bits per heavy atom. The first-order valence-electron chi connectivity index (χ1n) is 7.17. The smallest absolute Gasteiger partial charge is 0.256 e. The van der Waals surface area contributed by atoms with Crippen LogP contribution in [0.4, 0.5) is 5.69 Å². The highest BCUT2D eigenvalue weighted by Gasteiger charge is 2.26. The van der Waals surface area contributed by atoms with E-state index in [0.717, 1.165) is 12.1 Å². The van der Waals surface area contributed by atoms with E-state index in [1.807, 2.05) is 0 Å². The molecule has 8 nitrogen and oxygen atoms in total. The first kappa shape index (κ1) is 16.8. The predicted molar refractivity (Wildman–Crippen MR) is 87.9 cm³/mol. The molecule has 2 aromatic rings. The molecule has 0 spiro atoms. The minimum absolute atomic E-state index is 0.0229. The van der Waals surface area contributed by atoms with Crippen LogP contribution in [0, 0.1) is 0 Å². The molecule has 0 atom stereocenters. The number of para-hydroxylation sites is 1. The largest absolute Gasteiger partial charge is 0.744 e. The lowest BCUT2D eigenvalue weighted by atomic mass is 10.2. The first-order valence-corrected chi connectivity index (χ1v) is 8.58. The van der Waals surface area contributed by atoms with Crippen molar-refractivity contribution in [1.29, 1.82) is 0 Å². The van der Waals surface area contributed by atoms with Crippen LogP contribution in [0.1, 0.15) is 16.8 Å². The number of hydrazone groups is 1. The summed E-state index contributed by atoms with van der Waals surface area (Å²) in [4.78, 5) is 23.7. The Balaban J connectivity index is 1.79. The summed E-state index contributed by atoms with van der Waals surface area (Å²) in [6.07, 6.45) is -0.0970. The van der Waals surface area contributed by atoms with Gasteiger partial charge in [0.1, 0.15) is 16.0 Å². The maximum Gasteiger partial charge on any atom is 0.256 e. The van der Waals surface area contributed by atoms with E-state index >= 15 is 0 Å². The molecule has 1 heterocycles. The zero-order valence-corrected chi connectivity index (χ0v) is 13.6. The molecule has 0 saturated carbocycles. The van der Waals surface area contributed by atoms with Crippen molar-refractivity contribution in [2.24, 2.45) is 5.10 Å². The number of anilines is 1. The molecule has 9 heteroatoms. The van der Waals surface area contributed by atoms with Crippen LogP contribution < -0.4 is 10.3 Å². The number of carbonyl (C=O) groups is 2. The van der Waals surface area contributed by atoms with Gasteiger partial charge in [-0.3, -0.25) is 9.59 Å². The Morgan fingerprint density at radius 1 is 1.12 bits per heavy atom. The van der Waals surface area contributed by atoms with E-state index in [4.69, 9.17) is 0 Å². The van der Waals surface area contributed by atoms with Crippen molar-refractivity contribution in [3.63, 3.8) is 0 Å². The lowest BCUT2D eigenvalue weighted by Gasteiger charge is -2.10. The second kappa shape index (κ2) is 6.46. The SMILES string of the molecule is O=C(NC1=NN(c2ccccc2)C(=O)C1)c1cccc(S(=O)(=O)[O-])c1. The fourth-order valence-corrected chi connectivity index (χ4v) is 2.78. The summed E-state index contributed by atoms with van der Waals surface area (Å²) in [6.45, 7) is 0. The average Bonchev–Trinajstić information content (AvgIpc) is 2.95. The number of hydrogen-bond acceptors (Lipinski definition) is 6.